The van der Waals surface area contributed by atoms with Crippen LogP contribution in [0, 0.1) is 6.92 Å². The molecule has 0 radical (unpaired) electrons. The van der Waals surface area contributed by atoms with Gasteiger partial charge in [-0.25, -0.2) is 8.42 Å². The van der Waals surface area contributed by atoms with Crippen molar-refractivity contribution in [2.75, 3.05) is 17.6 Å². The van der Waals surface area contributed by atoms with Crippen LogP contribution >= 0.6 is 0 Å². The van der Waals surface area contributed by atoms with Gasteiger partial charge in [-0.3, -0.25) is 9.52 Å². The highest BCUT2D eigenvalue weighted by atomic mass is 32.2. The van der Waals surface area contributed by atoms with E-state index in [0.29, 0.717) is 11.4 Å². The van der Waals surface area contributed by atoms with E-state index in [-0.39, 0.29) is 18.6 Å². The van der Waals surface area contributed by atoms with Crippen LogP contribution in [0.3, 0.4) is 0 Å². The maximum Gasteiger partial charge on any atom is 0.258 e. The Bertz CT molecular complexity index is 850. The van der Waals surface area contributed by atoms with E-state index < -0.39 is 10.0 Å². The number of carbonyl (C=O) groups is 1. The van der Waals surface area contributed by atoms with E-state index in [4.69, 9.17) is 4.74 Å². The summed E-state index contributed by atoms with van der Waals surface area (Å²) < 4.78 is 30.5. The van der Waals surface area contributed by atoms with E-state index in [1.54, 1.807) is 24.3 Å². The van der Waals surface area contributed by atoms with Crippen LogP contribution in [0.4, 0.5) is 5.69 Å². The van der Waals surface area contributed by atoms with Crippen molar-refractivity contribution in [3.8, 4) is 5.75 Å². The number of aryl methyl sites for hydroxylation is 1. The molecule has 0 fully saturated rings. The summed E-state index contributed by atoms with van der Waals surface area (Å²) in [7, 11) is -3.34. The quantitative estimate of drug-likeness (QED) is 0.793. The summed E-state index contributed by atoms with van der Waals surface area (Å²) in [4.78, 5) is 12.1. The minimum atomic E-state index is -3.34. The van der Waals surface area contributed by atoms with E-state index in [9.17, 15) is 13.2 Å². The molecule has 1 unspecified atom stereocenters. The number of hydrogen-bond donors (Lipinski definition) is 2. The van der Waals surface area contributed by atoms with Crippen molar-refractivity contribution in [2.45, 2.75) is 19.9 Å². The Balaban J connectivity index is 1.93. The lowest BCUT2D eigenvalue weighted by Gasteiger charge is -2.16. The van der Waals surface area contributed by atoms with Crippen molar-refractivity contribution in [2.24, 2.45) is 0 Å². The summed E-state index contributed by atoms with van der Waals surface area (Å²) in [5.74, 6) is 0.387. The third-order valence-corrected chi connectivity index (χ3v) is 4.03. The van der Waals surface area contributed by atoms with Crippen LogP contribution in [0.15, 0.2) is 48.5 Å². The molecule has 2 aromatic rings. The molecule has 0 aliphatic rings. The molecule has 0 aliphatic carbocycles. The van der Waals surface area contributed by atoms with Crippen molar-refractivity contribution in [1.29, 1.82) is 0 Å². The normalized spacial score (nSPS) is 12.3. The van der Waals surface area contributed by atoms with Crippen molar-refractivity contribution in [3.63, 3.8) is 0 Å². The second-order valence-corrected chi connectivity index (χ2v) is 7.64. The highest BCUT2D eigenvalue weighted by Gasteiger charge is 2.11. The maximum absolute atomic E-state index is 12.1. The van der Waals surface area contributed by atoms with Gasteiger partial charge in [0.2, 0.25) is 10.0 Å². The topological polar surface area (TPSA) is 84.5 Å². The standard InChI is InChI=1S/C18H22N2O4S/c1-13-6-4-9-17(10-13)24-12-18(21)19-14(2)15-7-5-8-16(11-15)20-25(3,22)23/h4-11,14,20H,12H2,1-3H3,(H,19,21). The summed E-state index contributed by atoms with van der Waals surface area (Å²) in [6.45, 7) is 3.69. The van der Waals surface area contributed by atoms with E-state index in [0.717, 1.165) is 17.4 Å². The van der Waals surface area contributed by atoms with Crippen LogP contribution in [-0.4, -0.2) is 27.2 Å². The SMILES string of the molecule is Cc1cccc(OCC(=O)NC(C)c2cccc(NS(C)(=O)=O)c2)c1. The summed E-state index contributed by atoms with van der Waals surface area (Å²) in [5, 5.41) is 2.83. The van der Waals surface area contributed by atoms with Gasteiger partial charge in [-0.05, 0) is 49.2 Å². The van der Waals surface area contributed by atoms with Crippen molar-refractivity contribution >= 4 is 21.6 Å². The fourth-order valence-electron chi connectivity index (χ4n) is 2.31. The van der Waals surface area contributed by atoms with Crippen molar-refractivity contribution in [3.05, 3.63) is 59.7 Å². The summed E-state index contributed by atoms with van der Waals surface area (Å²) in [6.07, 6.45) is 1.09. The van der Waals surface area contributed by atoms with Gasteiger partial charge in [0.1, 0.15) is 5.75 Å². The third kappa shape index (κ3) is 6.46. The first-order valence-corrected chi connectivity index (χ1v) is 9.69. The van der Waals surface area contributed by atoms with Crippen LogP contribution in [0.25, 0.3) is 0 Å². The van der Waals surface area contributed by atoms with E-state index in [1.165, 1.54) is 0 Å². The minimum Gasteiger partial charge on any atom is -0.484 e. The summed E-state index contributed by atoms with van der Waals surface area (Å²) >= 11 is 0. The summed E-state index contributed by atoms with van der Waals surface area (Å²) in [6, 6.07) is 14.1. The largest absolute Gasteiger partial charge is 0.484 e. The molecule has 0 saturated heterocycles. The minimum absolute atomic E-state index is 0.0882. The van der Waals surface area contributed by atoms with Crippen LogP contribution in [0.1, 0.15) is 24.1 Å². The maximum atomic E-state index is 12.1. The molecule has 25 heavy (non-hydrogen) atoms. The molecule has 7 heteroatoms. The Morgan fingerprint density at radius 2 is 1.88 bits per heavy atom. The molecule has 2 aromatic carbocycles. The lowest BCUT2D eigenvalue weighted by atomic mass is 10.1. The van der Waals surface area contributed by atoms with Gasteiger partial charge in [0, 0.05) is 5.69 Å². The first-order valence-electron chi connectivity index (χ1n) is 7.79. The number of carbonyl (C=O) groups excluding carboxylic acids is 1. The fraction of sp³-hybridized carbons (Fsp3) is 0.278. The van der Waals surface area contributed by atoms with Crippen LogP contribution in [-0.2, 0) is 14.8 Å². The lowest BCUT2D eigenvalue weighted by Crippen LogP contribution is -2.31. The van der Waals surface area contributed by atoms with Gasteiger partial charge >= 0.3 is 0 Å². The van der Waals surface area contributed by atoms with E-state index in [1.807, 2.05) is 38.1 Å². The zero-order valence-corrected chi connectivity index (χ0v) is 15.3. The molecule has 0 heterocycles. The average molecular weight is 362 g/mol. The number of sulfonamides is 1. The molecule has 1 atom stereocenters. The van der Waals surface area contributed by atoms with Gasteiger partial charge in [-0.2, -0.15) is 0 Å². The van der Waals surface area contributed by atoms with Crippen molar-refractivity contribution < 1.29 is 17.9 Å². The predicted octanol–water partition coefficient (Wildman–Crippen LogP) is 2.62. The molecule has 6 nitrogen and oxygen atoms in total. The van der Waals surface area contributed by atoms with Crippen LogP contribution < -0.4 is 14.8 Å². The Morgan fingerprint density at radius 1 is 1.16 bits per heavy atom. The number of amides is 1. The number of hydrogen-bond acceptors (Lipinski definition) is 4. The number of ether oxygens (including phenoxy) is 1. The lowest BCUT2D eigenvalue weighted by molar-refractivity contribution is -0.123. The molecule has 0 aliphatic heterocycles. The first-order chi connectivity index (χ1) is 11.7. The van der Waals surface area contributed by atoms with Gasteiger partial charge < -0.3 is 10.1 Å². The van der Waals surface area contributed by atoms with Crippen LogP contribution in [0.2, 0.25) is 0 Å². The summed E-state index contributed by atoms with van der Waals surface area (Å²) in [5.41, 5.74) is 2.30. The average Bonchev–Trinajstić information content (AvgIpc) is 2.51. The number of rotatable bonds is 7. The number of benzene rings is 2. The zero-order valence-electron chi connectivity index (χ0n) is 14.4. The Kier molecular flexibility index (Phi) is 6.03. The second-order valence-electron chi connectivity index (χ2n) is 5.89. The molecule has 1 amide bonds. The van der Waals surface area contributed by atoms with Gasteiger partial charge in [0.05, 0.1) is 12.3 Å². The number of nitrogens with one attached hydrogen (secondary N) is 2. The molecule has 2 rings (SSSR count). The highest BCUT2D eigenvalue weighted by molar-refractivity contribution is 7.92. The molecule has 0 bridgehead atoms. The zero-order chi connectivity index (χ0) is 18.4. The van der Waals surface area contributed by atoms with Crippen molar-refractivity contribution in [1.82, 2.24) is 5.32 Å². The molecule has 2 N–H and O–H groups in total. The predicted molar refractivity (Wildman–Crippen MR) is 98.1 cm³/mol. The molecule has 0 spiro atoms. The monoisotopic (exact) mass is 362 g/mol. The molecule has 134 valence electrons. The van der Waals surface area contributed by atoms with E-state index >= 15 is 0 Å². The second kappa shape index (κ2) is 8.02. The van der Waals surface area contributed by atoms with Gasteiger partial charge in [0.15, 0.2) is 6.61 Å². The number of anilines is 1. The Morgan fingerprint density at radius 3 is 2.56 bits per heavy atom. The smallest absolute Gasteiger partial charge is 0.258 e. The third-order valence-electron chi connectivity index (χ3n) is 3.43. The highest BCUT2D eigenvalue weighted by Crippen LogP contribution is 2.18. The van der Waals surface area contributed by atoms with Crippen LogP contribution in [0.5, 0.6) is 5.75 Å². The van der Waals surface area contributed by atoms with Gasteiger partial charge in [0.25, 0.3) is 5.91 Å². The Hall–Kier alpha value is -2.54. The molecular formula is C18H22N2O4S. The first kappa shape index (κ1) is 18.8. The Labute approximate surface area is 148 Å². The fourth-order valence-corrected chi connectivity index (χ4v) is 2.86. The molecule has 0 saturated carbocycles. The molecular weight excluding hydrogens is 340 g/mol. The van der Waals surface area contributed by atoms with E-state index in [2.05, 4.69) is 10.0 Å². The molecule has 0 aromatic heterocycles. The van der Waals surface area contributed by atoms with Gasteiger partial charge in [-0.1, -0.05) is 24.3 Å². The van der Waals surface area contributed by atoms with Gasteiger partial charge in [-0.15, -0.1) is 0 Å².